The van der Waals surface area contributed by atoms with Crippen molar-refractivity contribution < 1.29 is 0 Å². The van der Waals surface area contributed by atoms with Gasteiger partial charge in [-0.1, -0.05) is 0 Å². The minimum atomic E-state index is 1.07. The molecule has 0 saturated heterocycles. The monoisotopic (exact) mass is 418 g/mol. The van der Waals surface area contributed by atoms with E-state index in [1.807, 2.05) is 0 Å². The van der Waals surface area contributed by atoms with Crippen molar-refractivity contribution in [2.45, 2.75) is 4.90 Å². The lowest BCUT2D eigenvalue weighted by Gasteiger charge is -1.96. The highest BCUT2D eigenvalue weighted by atomic mass is 127. The van der Waals surface area contributed by atoms with Gasteiger partial charge < -0.3 is 0 Å². The minimum Gasteiger partial charge on any atom is -0.143 e. The predicted molar refractivity (Wildman–Crippen MR) is 74.5 cm³/mol. The molecular formula is C8H4I2S2. The predicted octanol–water partition coefficient (Wildman–Crippen LogP) is 4.40. The summed E-state index contributed by atoms with van der Waals surface area (Å²) in [6.45, 7) is 0. The molecular weight excluding hydrogens is 414 g/mol. The number of benzene rings is 1. The zero-order valence-corrected chi connectivity index (χ0v) is 11.9. The molecule has 1 heterocycles. The van der Waals surface area contributed by atoms with Gasteiger partial charge in [0.05, 0.1) is 0 Å². The summed E-state index contributed by atoms with van der Waals surface area (Å²) < 4.78 is 3.89. The lowest BCUT2D eigenvalue weighted by Crippen LogP contribution is -1.74. The van der Waals surface area contributed by atoms with E-state index in [9.17, 15) is 0 Å². The number of hydrogen-bond acceptors (Lipinski definition) is 2. The molecule has 0 saturated carbocycles. The Hall–Kier alpha value is 0.990. The highest BCUT2D eigenvalue weighted by Gasteiger charge is 2.03. The third-order valence-corrected chi connectivity index (χ3v) is 5.55. The van der Waals surface area contributed by atoms with Crippen LogP contribution in [0.3, 0.4) is 0 Å². The molecule has 0 nitrogen and oxygen atoms in total. The number of fused-ring (bicyclic) bond motifs is 1. The summed E-state index contributed by atoms with van der Waals surface area (Å²) in [5, 5.41) is 3.50. The third kappa shape index (κ3) is 1.62. The van der Waals surface area contributed by atoms with Crippen LogP contribution in [0, 0.1) is 7.14 Å². The van der Waals surface area contributed by atoms with Crippen LogP contribution in [0.25, 0.3) is 10.1 Å². The Morgan fingerprint density at radius 3 is 2.67 bits per heavy atom. The van der Waals surface area contributed by atoms with Crippen molar-refractivity contribution in [3.63, 3.8) is 0 Å². The highest BCUT2D eigenvalue weighted by molar-refractivity contribution is 14.1. The molecule has 12 heavy (non-hydrogen) atoms. The summed E-state index contributed by atoms with van der Waals surface area (Å²) in [7, 11) is 0. The summed E-state index contributed by atoms with van der Waals surface area (Å²) in [6.07, 6.45) is 0. The number of halogens is 2. The molecule has 0 aliphatic rings. The molecule has 62 valence electrons. The SMILES string of the molecule is Sc1cc2c(I)csc2cc1I. The van der Waals surface area contributed by atoms with Crippen LogP contribution in [0.15, 0.2) is 22.4 Å². The van der Waals surface area contributed by atoms with Crippen LogP contribution < -0.4 is 0 Å². The van der Waals surface area contributed by atoms with E-state index in [1.54, 1.807) is 11.3 Å². The van der Waals surface area contributed by atoms with Crippen molar-refractivity contribution in [3.05, 3.63) is 24.7 Å². The molecule has 4 heteroatoms. The van der Waals surface area contributed by atoms with Crippen molar-refractivity contribution in [3.8, 4) is 0 Å². The van der Waals surface area contributed by atoms with Crippen LogP contribution >= 0.6 is 69.1 Å². The first-order valence-electron chi connectivity index (χ1n) is 3.23. The van der Waals surface area contributed by atoms with Crippen molar-refractivity contribution in [2.24, 2.45) is 0 Å². The van der Waals surface area contributed by atoms with Gasteiger partial charge in [0.15, 0.2) is 0 Å². The molecule has 0 fully saturated rings. The smallest absolute Gasteiger partial charge is 0.0365 e. The third-order valence-electron chi connectivity index (χ3n) is 1.60. The Morgan fingerprint density at radius 2 is 1.92 bits per heavy atom. The summed E-state index contributed by atoms with van der Waals surface area (Å²) in [5.74, 6) is 0. The van der Waals surface area contributed by atoms with Gasteiger partial charge in [0, 0.05) is 27.5 Å². The topological polar surface area (TPSA) is 0 Å². The lowest BCUT2D eigenvalue weighted by atomic mass is 10.3. The van der Waals surface area contributed by atoms with Crippen LogP contribution in [-0.4, -0.2) is 0 Å². The lowest BCUT2D eigenvalue weighted by molar-refractivity contribution is 1.47. The van der Waals surface area contributed by atoms with Crippen molar-refractivity contribution in [1.29, 1.82) is 0 Å². The molecule has 0 radical (unpaired) electrons. The van der Waals surface area contributed by atoms with Gasteiger partial charge >= 0.3 is 0 Å². The van der Waals surface area contributed by atoms with E-state index in [0.29, 0.717) is 0 Å². The summed E-state index contributed by atoms with van der Waals surface area (Å²) in [6, 6.07) is 4.32. The summed E-state index contributed by atoms with van der Waals surface area (Å²) in [5.41, 5.74) is 0. The van der Waals surface area contributed by atoms with E-state index in [1.165, 1.54) is 17.2 Å². The molecule has 0 bridgehead atoms. The Morgan fingerprint density at radius 1 is 1.17 bits per heavy atom. The van der Waals surface area contributed by atoms with E-state index in [-0.39, 0.29) is 0 Å². The Labute approximate surface area is 107 Å². The maximum atomic E-state index is 4.39. The van der Waals surface area contributed by atoms with Crippen molar-refractivity contribution in [1.82, 2.24) is 0 Å². The minimum absolute atomic E-state index is 1.07. The number of thiophene rings is 1. The molecule has 0 unspecified atom stereocenters. The second-order valence-electron chi connectivity index (χ2n) is 2.38. The largest absolute Gasteiger partial charge is 0.143 e. The maximum absolute atomic E-state index is 4.39. The fraction of sp³-hybridized carbons (Fsp3) is 0. The van der Waals surface area contributed by atoms with Gasteiger partial charge in [-0.2, -0.15) is 0 Å². The zero-order valence-electron chi connectivity index (χ0n) is 5.84. The fourth-order valence-corrected chi connectivity index (χ4v) is 3.73. The standard InChI is InChI=1S/C8H4I2S2/c9-5-2-8-4(1-7(5)11)6(10)3-12-8/h1-3,11H. The van der Waals surface area contributed by atoms with Gasteiger partial charge in [-0.25, -0.2) is 0 Å². The highest BCUT2D eigenvalue weighted by Crippen LogP contribution is 2.31. The first-order chi connectivity index (χ1) is 5.68. The first-order valence-corrected chi connectivity index (χ1v) is 6.72. The normalized spacial score (nSPS) is 10.9. The van der Waals surface area contributed by atoms with Gasteiger partial charge in [0.1, 0.15) is 0 Å². The Balaban J connectivity index is 2.87. The first kappa shape index (κ1) is 9.54. The fourth-order valence-electron chi connectivity index (χ4n) is 1.01. The van der Waals surface area contributed by atoms with Crippen molar-refractivity contribution in [2.75, 3.05) is 0 Å². The molecule has 2 rings (SSSR count). The van der Waals surface area contributed by atoms with Crippen LogP contribution in [0.5, 0.6) is 0 Å². The molecule has 0 aliphatic heterocycles. The molecule has 0 aliphatic carbocycles. The number of rotatable bonds is 0. The van der Waals surface area contributed by atoms with E-state index in [2.05, 4.69) is 75.3 Å². The van der Waals surface area contributed by atoms with E-state index < -0.39 is 0 Å². The maximum Gasteiger partial charge on any atom is 0.0365 e. The summed E-state index contributed by atoms with van der Waals surface area (Å²) in [4.78, 5) is 1.07. The quantitative estimate of drug-likeness (QED) is 0.476. The van der Waals surface area contributed by atoms with Gasteiger partial charge in [0.25, 0.3) is 0 Å². The molecule has 1 aromatic carbocycles. The van der Waals surface area contributed by atoms with E-state index in [4.69, 9.17) is 0 Å². The van der Waals surface area contributed by atoms with E-state index >= 15 is 0 Å². The Kier molecular flexibility index (Phi) is 2.88. The average Bonchev–Trinajstić information content (AvgIpc) is 2.35. The van der Waals surface area contributed by atoms with E-state index in [0.717, 1.165) is 4.90 Å². The number of hydrogen-bond donors (Lipinski definition) is 1. The molecule has 0 N–H and O–H groups in total. The van der Waals surface area contributed by atoms with Gasteiger partial charge in [-0.15, -0.1) is 24.0 Å². The number of thiol groups is 1. The molecule has 0 spiro atoms. The molecule has 2 aromatic rings. The van der Waals surface area contributed by atoms with Gasteiger partial charge in [-0.3, -0.25) is 0 Å². The second kappa shape index (κ2) is 3.62. The van der Waals surface area contributed by atoms with Crippen molar-refractivity contribution >= 4 is 79.2 Å². The van der Waals surface area contributed by atoms with Crippen LogP contribution in [-0.2, 0) is 0 Å². The van der Waals surface area contributed by atoms with Crippen LogP contribution in [0.2, 0.25) is 0 Å². The average molecular weight is 418 g/mol. The molecule has 0 atom stereocenters. The zero-order chi connectivity index (χ0) is 8.72. The summed E-state index contributed by atoms with van der Waals surface area (Å²) >= 11 is 10.8. The van der Waals surface area contributed by atoms with Crippen LogP contribution in [0.4, 0.5) is 0 Å². The second-order valence-corrected chi connectivity index (χ2v) is 6.10. The molecule has 0 amide bonds. The molecule has 1 aromatic heterocycles. The van der Waals surface area contributed by atoms with Gasteiger partial charge in [0.2, 0.25) is 0 Å². The van der Waals surface area contributed by atoms with Gasteiger partial charge in [-0.05, 0) is 57.3 Å². The Bertz CT molecular complexity index is 434. The van der Waals surface area contributed by atoms with Crippen LogP contribution in [0.1, 0.15) is 0 Å².